The van der Waals surface area contributed by atoms with Gasteiger partial charge < -0.3 is 15.4 Å². The molecule has 0 aromatic heterocycles. The Bertz CT molecular complexity index is 235. The van der Waals surface area contributed by atoms with E-state index in [1.807, 2.05) is 19.1 Å². The molecule has 64 valence electrons. The quantitative estimate of drug-likeness (QED) is 0.543. The van der Waals surface area contributed by atoms with Gasteiger partial charge in [0.1, 0.15) is 0 Å². The maximum absolute atomic E-state index is 8.78. The first-order valence-corrected chi connectivity index (χ1v) is 3.94. The van der Waals surface area contributed by atoms with Crippen molar-refractivity contribution in [1.29, 1.82) is 0 Å². The van der Waals surface area contributed by atoms with Crippen LogP contribution in [-0.4, -0.2) is 23.7 Å². The van der Waals surface area contributed by atoms with Crippen molar-refractivity contribution in [3.63, 3.8) is 0 Å². The van der Waals surface area contributed by atoms with E-state index in [1.54, 1.807) is 12.1 Å². The predicted molar refractivity (Wildman–Crippen MR) is 50.4 cm³/mol. The lowest BCUT2D eigenvalue weighted by molar-refractivity contribution is 0.426. The van der Waals surface area contributed by atoms with Crippen molar-refractivity contribution in [1.82, 2.24) is 0 Å². The lowest BCUT2D eigenvalue weighted by atomic mass is 9.80. The fourth-order valence-corrected chi connectivity index (χ4v) is 0.977. The van der Waals surface area contributed by atoms with Gasteiger partial charge in [0.25, 0.3) is 0 Å². The first kappa shape index (κ1) is 9.10. The fourth-order valence-electron chi connectivity index (χ4n) is 0.977. The van der Waals surface area contributed by atoms with Crippen LogP contribution in [0.25, 0.3) is 0 Å². The van der Waals surface area contributed by atoms with Crippen molar-refractivity contribution in [3.8, 4) is 0 Å². The van der Waals surface area contributed by atoms with Gasteiger partial charge in [-0.25, -0.2) is 0 Å². The molecule has 0 unspecified atom stereocenters. The summed E-state index contributed by atoms with van der Waals surface area (Å²) in [5.74, 6) is 0. The van der Waals surface area contributed by atoms with Crippen LogP contribution >= 0.6 is 0 Å². The average Bonchev–Trinajstić information content (AvgIpc) is 2.06. The first-order valence-electron chi connectivity index (χ1n) is 3.94. The van der Waals surface area contributed by atoms with Crippen LogP contribution in [0.1, 0.15) is 6.92 Å². The molecule has 0 spiro atoms. The molecule has 0 heterocycles. The van der Waals surface area contributed by atoms with E-state index < -0.39 is 7.12 Å². The molecule has 1 aromatic carbocycles. The topological polar surface area (TPSA) is 52.5 Å². The van der Waals surface area contributed by atoms with Crippen LogP contribution in [-0.2, 0) is 0 Å². The zero-order valence-corrected chi connectivity index (χ0v) is 6.99. The Kier molecular flexibility index (Phi) is 3.14. The van der Waals surface area contributed by atoms with Crippen LogP contribution in [0, 0.1) is 0 Å². The summed E-state index contributed by atoms with van der Waals surface area (Å²) in [4.78, 5) is 0. The van der Waals surface area contributed by atoms with Crippen LogP contribution in [0.15, 0.2) is 24.3 Å². The Labute approximate surface area is 72.2 Å². The second-order valence-corrected chi connectivity index (χ2v) is 2.53. The Morgan fingerprint density at radius 2 is 1.83 bits per heavy atom. The van der Waals surface area contributed by atoms with Gasteiger partial charge in [0.2, 0.25) is 0 Å². The van der Waals surface area contributed by atoms with Crippen LogP contribution in [0.3, 0.4) is 0 Å². The van der Waals surface area contributed by atoms with Crippen molar-refractivity contribution in [2.45, 2.75) is 6.92 Å². The Balaban J connectivity index is 2.71. The van der Waals surface area contributed by atoms with Gasteiger partial charge in [-0.1, -0.05) is 12.1 Å². The van der Waals surface area contributed by atoms with E-state index in [9.17, 15) is 0 Å². The van der Waals surface area contributed by atoms with Gasteiger partial charge in [-0.05, 0) is 24.5 Å². The lowest BCUT2D eigenvalue weighted by Gasteiger charge is -2.03. The second kappa shape index (κ2) is 4.14. The molecule has 0 saturated heterocycles. The SMILES string of the molecule is CCNc1ccc(B(O)O)cc1. The molecule has 3 N–H and O–H groups in total. The summed E-state index contributed by atoms with van der Waals surface area (Å²) in [7, 11) is -1.37. The van der Waals surface area contributed by atoms with Gasteiger partial charge in [-0.15, -0.1) is 0 Å². The van der Waals surface area contributed by atoms with Gasteiger partial charge in [-0.2, -0.15) is 0 Å². The number of hydrogen-bond donors (Lipinski definition) is 3. The zero-order chi connectivity index (χ0) is 8.97. The minimum absolute atomic E-state index is 0.511. The Hall–Kier alpha value is -0.995. The third kappa shape index (κ3) is 2.25. The molecule has 0 aliphatic rings. The molecule has 0 atom stereocenters. The zero-order valence-electron chi connectivity index (χ0n) is 6.99. The average molecular weight is 165 g/mol. The van der Waals surface area contributed by atoms with E-state index >= 15 is 0 Å². The summed E-state index contributed by atoms with van der Waals surface area (Å²) in [5, 5.41) is 20.7. The highest BCUT2D eigenvalue weighted by molar-refractivity contribution is 6.58. The number of nitrogens with one attached hydrogen (secondary N) is 1. The Morgan fingerprint density at radius 3 is 2.25 bits per heavy atom. The molecule has 0 aliphatic heterocycles. The van der Waals surface area contributed by atoms with Crippen LogP contribution in [0.4, 0.5) is 5.69 Å². The molecule has 1 rings (SSSR count). The molecular formula is C8H12BNO2. The van der Waals surface area contributed by atoms with Crippen LogP contribution < -0.4 is 10.8 Å². The molecule has 0 bridgehead atoms. The lowest BCUT2D eigenvalue weighted by Crippen LogP contribution is -2.29. The van der Waals surface area contributed by atoms with E-state index in [2.05, 4.69) is 5.32 Å². The van der Waals surface area contributed by atoms with Crippen LogP contribution in [0.5, 0.6) is 0 Å². The van der Waals surface area contributed by atoms with Gasteiger partial charge in [-0.3, -0.25) is 0 Å². The smallest absolute Gasteiger partial charge is 0.423 e. The summed E-state index contributed by atoms with van der Waals surface area (Å²) >= 11 is 0. The maximum Gasteiger partial charge on any atom is 0.488 e. The molecule has 0 radical (unpaired) electrons. The van der Waals surface area contributed by atoms with Gasteiger partial charge in [0.05, 0.1) is 0 Å². The second-order valence-electron chi connectivity index (χ2n) is 2.53. The fraction of sp³-hybridized carbons (Fsp3) is 0.250. The Morgan fingerprint density at radius 1 is 1.25 bits per heavy atom. The summed E-state index contributed by atoms with van der Waals surface area (Å²) in [6.45, 7) is 2.87. The van der Waals surface area contributed by atoms with E-state index in [0.717, 1.165) is 12.2 Å². The summed E-state index contributed by atoms with van der Waals surface area (Å²) < 4.78 is 0. The molecule has 12 heavy (non-hydrogen) atoms. The van der Waals surface area contributed by atoms with Crippen molar-refractivity contribution in [3.05, 3.63) is 24.3 Å². The minimum Gasteiger partial charge on any atom is -0.423 e. The molecule has 4 heteroatoms. The normalized spacial score (nSPS) is 9.58. The van der Waals surface area contributed by atoms with E-state index in [0.29, 0.717) is 5.46 Å². The first-order chi connectivity index (χ1) is 5.74. The largest absolute Gasteiger partial charge is 0.488 e. The van der Waals surface area contributed by atoms with Gasteiger partial charge in [0.15, 0.2) is 0 Å². The summed E-state index contributed by atoms with van der Waals surface area (Å²) in [6.07, 6.45) is 0. The highest BCUT2D eigenvalue weighted by Crippen LogP contribution is 2.02. The number of anilines is 1. The number of benzene rings is 1. The molecule has 0 amide bonds. The van der Waals surface area contributed by atoms with Crippen LogP contribution in [0.2, 0.25) is 0 Å². The minimum atomic E-state index is -1.37. The van der Waals surface area contributed by atoms with Gasteiger partial charge in [0, 0.05) is 12.2 Å². The molecular weight excluding hydrogens is 153 g/mol. The van der Waals surface area contributed by atoms with Crippen molar-refractivity contribution < 1.29 is 10.0 Å². The summed E-state index contributed by atoms with van der Waals surface area (Å²) in [6, 6.07) is 7.00. The molecule has 1 aromatic rings. The van der Waals surface area contributed by atoms with Crippen molar-refractivity contribution in [2.24, 2.45) is 0 Å². The van der Waals surface area contributed by atoms with E-state index in [1.165, 1.54) is 0 Å². The van der Waals surface area contributed by atoms with E-state index in [4.69, 9.17) is 10.0 Å². The highest BCUT2D eigenvalue weighted by Gasteiger charge is 2.08. The predicted octanol–water partition coefficient (Wildman–Crippen LogP) is -0.202. The molecule has 3 nitrogen and oxygen atoms in total. The number of rotatable bonds is 3. The standard InChI is InChI=1S/C8H12BNO2/c1-2-10-8-5-3-7(4-6-8)9(11)12/h3-6,10-12H,2H2,1H3. The third-order valence-electron chi connectivity index (χ3n) is 1.59. The maximum atomic E-state index is 8.78. The molecule has 0 fully saturated rings. The monoisotopic (exact) mass is 165 g/mol. The highest BCUT2D eigenvalue weighted by atomic mass is 16.4. The molecule has 0 aliphatic carbocycles. The molecule has 0 saturated carbocycles. The third-order valence-corrected chi connectivity index (χ3v) is 1.59. The van der Waals surface area contributed by atoms with E-state index in [-0.39, 0.29) is 0 Å². The number of hydrogen-bond acceptors (Lipinski definition) is 3. The van der Waals surface area contributed by atoms with Crippen molar-refractivity contribution in [2.75, 3.05) is 11.9 Å². The van der Waals surface area contributed by atoms with Crippen molar-refractivity contribution >= 4 is 18.3 Å². The van der Waals surface area contributed by atoms with Gasteiger partial charge >= 0.3 is 7.12 Å². The summed E-state index contributed by atoms with van der Waals surface area (Å²) in [5.41, 5.74) is 1.50.